The molecule has 0 fully saturated rings. The largest absolute Gasteiger partial charge is 0.468 e. The molecule has 0 aliphatic rings. The summed E-state index contributed by atoms with van der Waals surface area (Å²) in [6.07, 6.45) is 0. The molecular formula is C10H12N2O4. The van der Waals surface area contributed by atoms with Crippen LogP contribution in [0.3, 0.4) is 0 Å². The van der Waals surface area contributed by atoms with Gasteiger partial charge in [0.2, 0.25) is 0 Å². The zero-order valence-electron chi connectivity index (χ0n) is 9.02. The Morgan fingerprint density at radius 3 is 2.81 bits per heavy atom. The zero-order chi connectivity index (χ0) is 12.1. The highest BCUT2D eigenvalue weighted by molar-refractivity contribution is 5.76. The number of hydrogen-bond donors (Lipinski definition) is 1. The van der Waals surface area contributed by atoms with E-state index in [-0.39, 0.29) is 12.2 Å². The average molecular weight is 224 g/mol. The summed E-state index contributed by atoms with van der Waals surface area (Å²) in [4.78, 5) is 21.1. The van der Waals surface area contributed by atoms with Gasteiger partial charge in [-0.3, -0.25) is 14.9 Å². The third-order valence-electron chi connectivity index (χ3n) is 2.00. The molecule has 0 aliphatic carbocycles. The van der Waals surface area contributed by atoms with Crippen molar-refractivity contribution in [2.75, 3.05) is 19.0 Å². The van der Waals surface area contributed by atoms with E-state index in [1.54, 1.807) is 19.1 Å². The van der Waals surface area contributed by atoms with Gasteiger partial charge in [-0.15, -0.1) is 0 Å². The first-order valence-corrected chi connectivity index (χ1v) is 4.60. The van der Waals surface area contributed by atoms with Crippen molar-refractivity contribution in [3.8, 4) is 0 Å². The topological polar surface area (TPSA) is 81.5 Å². The smallest absolute Gasteiger partial charge is 0.325 e. The van der Waals surface area contributed by atoms with Crippen molar-refractivity contribution < 1.29 is 14.5 Å². The molecule has 6 nitrogen and oxygen atoms in total. The number of ether oxygens (including phenoxy) is 1. The van der Waals surface area contributed by atoms with Crippen LogP contribution in [0.4, 0.5) is 11.4 Å². The Hall–Kier alpha value is -2.11. The Labute approximate surface area is 92.4 Å². The van der Waals surface area contributed by atoms with Gasteiger partial charge in [-0.2, -0.15) is 0 Å². The molecule has 6 heteroatoms. The van der Waals surface area contributed by atoms with Crippen LogP contribution in [0.15, 0.2) is 18.2 Å². The molecule has 0 spiro atoms. The Morgan fingerprint density at radius 2 is 2.25 bits per heavy atom. The summed E-state index contributed by atoms with van der Waals surface area (Å²) in [7, 11) is 1.26. The lowest BCUT2D eigenvalue weighted by Gasteiger charge is -2.06. The van der Waals surface area contributed by atoms with Crippen molar-refractivity contribution in [1.29, 1.82) is 0 Å². The minimum atomic E-state index is -0.493. The molecule has 0 aliphatic heterocycles. The fourth-order valence-electron chi connectivity index (χ4n) is 1.18. The van der Waals surface area contributed by atoms with Crippen molar-refractivity contribution >= 4 is 17.3 Å². The van der Waals surface area contributed by atoms with Crippen LogP contribution < -0.4 is 5.32 Å². The molecule has 1 rings (SSSR count). The van der Waals surface area contributed by atoms with Gasteiger partial charge in [0, 0.05) is 6.07 Å². The number of methoxy groups -OCH3 is 1. The summed E-state index contributed by atoms with van der Waals surface area (Å²) in [6.45, 7) is 1.66. The predicted molar refractivity (Wildman–Crippen MR) is 58.3 cm³/mol. The van der Waals surface area contributed by atoms with Gasteiger partial charge in [-0.05, 0) is 18.6 Å². The monoisotopic (exact) mass is 224 g/mol. The van der Waals surface area contributed by atoms with E-state index in [1.807, 2.05) is 0 Å². The first-order valence-electron chi connectivity index (χ1n) is 4.60. The summed E-state index contributed by atoms with van der Waals surface area (Å²) in [5.41, 5.74) is 1.04. The minimum absolute atomic E-state index is 0.0519. The summed E-state index contributed by atoms with van der Waals surface area (Å²) in [5.74, 6) is -0.477. The number of nitro groups is 1. The number of carbonyl (C=O) groups excluding carboxylic acids is 1. The van der Waals surface area contributed by atoms with E-state index in [4.69, 9.17) is 0 Å². The van der Waals surface area contributed by atoms with Crippen LogP contribution in [0.5, 0.6) is 0 Å². The molecule has 1 aromatic rings. The molecule has 0 radical (unpaired) electrons. The van der Waals surface area contributed by atoms with Crippen molar-refractivity contribution in [2.45, 2.75) is 6.92 Å². The second kappa shape index (κ2) is 5.11. The molecule has 0 atom stereocenters. The van der Waals surface area contributed by atoms with Crippen LogP contribution in [0.2, 0.25) is 0 Å². The second-order valence-electron chi connectivity index (χ2n) is 3.21. The van der Waals surface area contributed by atoms with Gasteiger partial charge >= 0.3 is 5.97 Å². The molecule has 0 aromatic heterocycles. The van der Waals surface area contributed by atoms with Crippen molar-refractivity contribution in [3.63, 3.8) is 0 Å². The van der Waals surface area contributed by atoms with Crippen LogP contribution >= 0.6 is 0 Å². The summed E-state index contributed by atoms with van der Waals surface area (Å²) < 4.78 is 4.42. The van der Waals surface area contributed by atoms with Crippen LogP contribution in [-0.2, 0) is 9.53 Å². The molecule has 86 valence electrons. The quantitative estimate of drug-likeness (QED) is 0.476. The molecule has 0 heterocycles. The summed E-state index contributed by atoms with van der Waals surface area (Å²) in [5, 5.41) is 13.4. The highest BCUT2D eigenvalue weighted by atomic mass is 16.6. The highest BCUT2D eigenvalue weighted by Gasteiger charge is 2.14. The molecule has 16 heavy (non-hydrogen) atoms. The van der Waals surface area contributed by atoms with Crippen LogP contribution in [0, 0.1) is 17.0 Å². The minimum Gasteiger partial charge on any atom is -0.468 e. The van der Waals surface area contributed by atoms with Gasteiger partial charge < -0.3 is 10.1 Å². The Bertz CT molecular complexity index is 417. The first kappa shape index (κ1) is 12.0. The van der Waals surface area contributed by atoms with Crippen LogP contribution in [0.1, 0.15) is 5.56 Å². The van der Waals surface area contributed by atoms with Crippen molar-refractivity contribution in [3.05, 3.63) is 33.9 Å². The third kappa shape index (κ3) is 2.94. The van der Waals surface area contributed by atoms with Crippen molar-refractivity contribution in [1.82, 2.24) is 0 Å². The van der Waals surface area contributed by atoms with Crippen LogP contribution in [0.25, 0.3) is 0 Å². The maximum Gasteiger partial charge on any atom is 0.325 e. The van der Waals surface area contributed by atoms with Gasteiger partial charge in [0.1, 0.15) is 12.2 Å². The standard InChI is InChI=1S/C10H12N2O4/c1-7-3-4-8(9(5-7)12(14)15)11-6-10(13)16-2/h3-5,11H,6H2,1-2H3. The molecule has 1 aromatic carbocycles. The SMILES string of the molecule is COC(=O)CNc1ccc(C)cc1[N+](=O)[O-]. The van der Waals surface area contributed by atoms with E-state index < -0.39 is 10.9 Å². The first-order chi connectivity index (χ1) is 7.54. The molecule has 0 bridgehead atoms. The normalized spacial score (nSPS) is 9.62. The zero-order valence-corrected chi connectivity index (χ0v) is 9.02. The maximum absolute atomic E-state index is 10.9. The lowest BCUT2D eigenvalue weighted by molar-refractivity contribution is -0.384. The Morgan fingerprint density at radius 1 is 1.56 bits per heavy atom. The number of aryl methyl sites for hydroxylation is 1. The molecular weight excluding hydrogens is 212 g/mol. The second-order valence-corrected chi connectivity index (χ2v) is 3.21. The van der Waals surface area contributed by atoms with E-state index in [0.717, 1.165) is 5.56 Å². The summed E-state index contributed by atoms with van der Waals surface area (Å²) in [6, 6.07) is 4.74. The molecule has 0 saturated heterocycles. The molecule has 0 unspecified atom stereocenters. The number of benzene rings is 1. The number of rotatable bonds is 4. The van der Waals surface area contributed by atoms with E-state index in [1.165, 1.54) is 13.2 Å². The Balaban J connectivity index is 2.87. The molecule has 0 amide bonds. The fraction of sp³-hybridized carbons (Fsp3) is 0.300. The number of nitrogens with one attached hydrogen (secondary N) is 1. The van der Waals surface area contributed by atoms with Crippen LogP contribution in [-0.4, -0.2) is 24.5 Å². The highest BCUT2D eigenvalue weighted by Crippen LogP contribution is 2.24. The van der Waals surface area contributed by atoms with Gasteiger partial charge in [-0.1, -0.05) is 6.07 Å². The predicted octanol–water partition coefficient (Wildman–Crippen LogP) is 1.49. The fourth-order valence-corrected chi connectivity index (χ4v) is 1.18. The average Bonchev–Trinajstić information content (AvgIpc) is 2.26. The maximum atomic E-state index is 10.9. The number of anilines is 1. The number of esters is 1. The van der Waals surface area contributed by atoms with Gasteiger partial charge in [0.05, 0.1) is 12.0 Å². The van der Waals surface area contributed by atoms with E-state index in [2.05, 4.69) is 10.1 Å². The number of nitrogens with zero attached hydrogens (tertiary/aromatic N) is 1. The summed E-state index contributed by atoms with van der Waals surface area (Å²) >= 11 is 0. The lowest BCUT2D eigenvalue weighted by atomic mass is 10.2. The number of nitro benzene ring substituents is 1. The van der Waals surface area contributed by atoms with Gasteiger partial charge in [0.15, 0.2) is 0 Å². The number of hydrogen-bond acceptors (Lipinski definition) is 5. The van der Waals surface area contributed by atoms with Gasteiger partial charge in [-0.25, -0.2) is 0 Å². The molecule has 1 N–H and O–H groups in total. The van der Waals surface area contributed by atoms with Crippen molar-refractivity contribution in [2.24, 2.45) is 0 Å². The third-order valence-corrected chi connectivity index (χ3v) is 2.00. The lowest BCUT2D eigenvalue weighted by Crippen LogP contribution is -2.15. The molecule has 0 saturated carbocycles. The van der Waals surface area contributed by atoms with Gasteiger partial charge in [0.25, 0.3) is 5.69 Å². The van der Waals surface area contributed by atoms with E-state index in [0.29, 0.717) is 5.69 Å². The van der Waals surface area contributed by atoms with E-state index in [9.17, 15) is 14.9 Å². The Kier molecular flexibility index (Phi) is 3.82. The number of carbonyl (C=O) groups is 1. The van der Waals surface area contributed by atoms with E-state index >= 15 is 0 Å².